The largest absolute Gasteiger partial charge is 0.354 e. The summed E-state index contributed by atoms with van der Waals surface area (Å²) >= 11 is 5.89. The van der Waals surface area contributed by atoms with Gasteiger partial charge in [0.1, 0.15) is 5.82 Å². The number of anilines is 1. The molecule has 0 amide bonds. The van der Waals surface area contributed by atoms with Crippen molar-refractivity contribution >= 4 is 17.4 Å². The zero-order valence-corrected chi connectivity index (χ0v) is 12.9. The van der Waals surface area contributed by atoms with Crippen molar-refractivity contribution in [2.75, 3.05) is 50.7 Å². The minimum atomic E-state index is 0.459. The van der Waals surface area contributed by atoms with Crippen molar-refractivity contribution in [3.05, 3.63) is 23.4 Å². The third kappa shape index (κ3) is 3.25. The van der Waals surface area contributed by atoms with Crippen molar-refractivity contribution in [3.8, 4) is 0 Å². The lowest BCUT2D eigenvalue weighted by atomic mass is 9.89. The second kappa shape index (κ2) is 5.88. The minimum Gasteiger partial charge on any atom is -0.354 e. The summed E-state index contributed by atoms with van der Waals surface area (Å²) in [6, 6.07) is 3.93. The van der Waals surface area contributed by atoms with Gasteiger partial charge in [0.2, 0.25) is 0 Å². The summed E-state index contributed by atoms with van der Waals surface area (Å²) in [6.45, 7) is 10.3. The van der Waals surface area contributed by atoms with Crippen LogP contribution in [0.1, 0.15) is 13.3 Å². The summed E-state index contributed by atoms with van der Waals surface area (Å²) in [6.07, 6.45) is 3.03. The number of aromatic nitrogens is 1. The van der Waals surface area contributed by atoms with Gasteiger partial charge in [0.15, 0.2) is 0 Å². The Morgan fingerprint density at radius 1 is 1.30 bits per heavy atom. The highest BCUT2D eigenvalue weighted by Gasteiger charge is 2.31. The van der Waals surface area contributed by atoms with Gasteiger partial charge in [-0.25, -0.2) is 4.98 Å². The molecule has 2 fully saturated rings. The number of hydrogen-bond acceptors (Lipinski definition) is 4. The second-order valence-electron chi connectivity index (χ2n) is 6.34. The van der Waals surface area contributed by atoms with Crippen molar-refractivity contribution in [2.45, 2.75) is 13.3 Å². The van der Waals surface area contributed by atoms with Crippen LogP contribution in [-0.2, 0) is 0 Å². The molecule has 2 aliphatic rings. The van der Waals surface area contributed by atoms with Gasteiger partial charge in [-0.1, -0.05) is 18.5 Å². The fraction of sp³-hybridized carbons (Fsp3) is 0.667. The molecule has 0 bridgehead atoms. The Balaban J connectivity index is 1.53. The summed E-state index contributed by atoms with van der Waals surface area (Å²) in [5, 5.41) is 4.19. The molecule has 1 unspecified atom stereocenters. The molecule has 4 nitrogen and oxygen atoms in total. The van der Waals surface area contributed by atoms with Gasteiger partial charge in [-0.2, -0.15) is 0 Å². The Kier molecular flexibility index (Phi) is 4.15. The highest BCUT2D eigenvalue weighted by molar-refractivity contribution is 6.30. The van der Waals surface area contributed by atoms with Crippen molar-refractivity contribution < 1.29 is 0 Å². The normalized spacial score (nSPS) is 28.0. The second-order valence-corrected chi connectivity index (χ2v) is 6.77. The third-order valence-electron chi connectivity index (χ3n) is 4.47. The van der Waals surface area contributed by atoms with E-state index in [1.165, 1.54) is 19.5 Å². The van der Waals surface area contributed by atoms with E-state index in [-0.39, 0.29) is 0 Å². The molecule has 3 heterocycles. The van der Waals surface area contributed by atoms with Crippen LogP contribution in [0.4, 0.5) is 5.82 Å². The topological polar surface area (TPSA) is 31.4 Å². The van der Waals surface area contributed by atoms with E-state index in [4.69, 9.17) is 11.6 Å². The van der Waals surface area contributed by atoms with Crippen LogP contribution in [0.25, 0.3) is 0 Å². The van der Waals surface area contributed by atoms with Crippen molar-refractivity contribution in [1.82, 2.24) is 15.2 Å². The van der Waals surface area contributed by atoms with E-state index in [2.05, 4.69) is 27.0 Å². The van der Waals surface area contributed by atoms with Gasteiger partial charge < -0.3 is 10.2 Å². The molecule has 0 aliphatic carbocycles. The van der Waals surface area contributed by atoms with Crippen molar-refractivity contribution in [2.24, 2.45) is 5.41 Å². The average molecular weight is 295 g/mol. The van der Waals surface area contributed by atoms with Crippen LogP contribution in [-0.4, -0.2) is 55.7 Å². The highest BCUT2D eigenvalue weighted by Crippen LogP contribution is 2.26. The maximum Gasteiger partial charge on any atom is 0.128 e. The molecule has 1 N–H and O–H groups in total. The number of nitrogens with one attached hydrogen (secondary N) is 1. The lowest BCUT2D eigenvalue weighted by Crippen LogP contribution is -2.50. The van der Waals surface area contributed by atoms with Gasteiger partial charge in [0, 0.05) is 45.5 Å². The van der Waals surface area contributed by atoms with Crippen LogP contribution >= 0.6 is 11.6 Å². The fourth-order valence-electron chi connectivity index (χ4n) is 3.23. The van der Waals surface area contributed by atoms with Crippen LogP contribution in [0.15, 0.2) is 18.3 Å². The quantitative estimate of drug-likeness (QED) is 0.922. The summed E-state index contributed by atoms with van der Waals surface area (Å²) in [7, 11) is 0. The Hall–Kier alpha value is -0.840. The first-order chi connectivity index (χ1) is 9.65. The Morgan fingerprint density at radius 3 is 2.70 bits per heavy atom. The number of rotatable bonds is 3. The van der Waals surface area contributed by atoms with E-state index < -0.39 is 0 Å². The van der Waals surface area contributed by atoms with Crippen LogP contribution in [0, 0.1) is 5.41 Å². The molecule has 110 valence electrons. The number of pyridine rings is 1. The van der Waals surface area contributed by atoms with E-state index in [9.17, 15) is 0 Å². The smallest absolute Gasteiger partial charge is 0.128 e. The van der Waals surface area contributed by atoms with Crippen LogP contribution in [0.3, 0.4) is 0 Å². The van der Waals surface area contributed by atoms with Gasteiger partial charge in [0.05, 0.1) is 5.02 Å². The molecule has 20 heavy (non-hydrogen) atoms. The first-order valence-electron chi connectivity index (χ1n) is 7.44. The fourth-order valence-corrected chi connectivity index (χ4v) is 3.35. The van der Waals surface area contributed by atoms with Crippen LogP contribution < -0.4 is 10.2 Å². The maximum atomic E-state index is 5.89. The number of halogens is 1. The molecule has 1 aromatic heterocycles. The predicted molar refractivity (Wildman–Crippen MR) is 83.5 cm³/mol. The molecule has 3 rings (SSSR count). The molecule has 0 aromatic carbocycles. The standard InChI is InChI=1S/C15H23ClN4/c1-15(4-5-17-11-15)12-19-6-8-20(9-7-19)14-3-2-13(16)10-18-14/h2-3,10,17H,4-9,11-12H2,1H3. The third-order valence-corrected chi connectivity index (χ3v) is 4.69. The molecule has 0 spiro atoms. The van der Waals surface area contributed by atoms with Crippen molar-refractivity contribution in [1.29, 1.82) is 0 Å². The molecule has 2 saturated heterocycles. The highest BCUT2D eigenvalue weighted by atomic mass is 35.5. The number of nitrogens with zero attached hydrogens (tertiary/aromatic N) is 3. The Labute approximate surface area is 126 Å². The average Bonchev–Trinajstić information content (AvgIpc) is 2.87. The molecule has 5 heteroatoms. The van der Waals surface area contributed by atoms with Gasteiger partial charge >= 0.3 is 0 Å². The SMILES string of the molecule is CC1(CN2CCN(c3ccc(Cl)cn3)CC2)CCNC1. The minimum absolute atomic E-state index is 0.459. The van der Waals surface area contributed by atoms with Gasteiger partial charge in [-0.05, 0) is 30.5 Å². The van der Waals surface area contributed by atoms with E-state index in [0.29, 0.717) is 10.4 Å². The van der Waals surface area contributed by atoms with Gasteiger partial charge in [-0.3, -0.25) is 4.90 Å². The summed E-state index contributed by atoms with van der Waals surface area (Å²) in [5.74, 6) is 1.04. The predicted octanol–water partition coefficient (Wildman–Crippen LogP) is 1.86. The zero-order chi connectivity index (χ0) is 14.0. The lowest BCUT2D eigenvalue weighted by Gasteiger charge is -2.39. The van der Waals surface area contributed by atoms with Crippen LogP contribution in [0.5, 0.6) is 0 Å². The first kappa shape index (κ1) is 14.1. The number of piperazine rings is 1. The Morgan fingerprint density at radius 2 is 2.10 bits per heavy atom. The van der Waals surface area contributed by atoms with Crippen molar-refractivity contribution in [3.63, 3.8) is 0 Å². The van der Waals surface area contributed by atoms with Crippen LogP contribution in [0.2, 0.25) is 5.02 Å². The lowest BCUT2D eigenvalue weighted by molar-refractivity contribution is 0.169. The Bertz CT molecular complexity index is 434. The summed E-state index contributed by atoms with van der Waals surface area (Å²) < 4.78 is 0. The van der Waals surface area contributed by atoms with E-state index in [0.717, 1.165) is 38.5 Å². The molecule has 0 saturated carbocycles. The van der Waals surface area contributed by atoms with E-state index in [1.807, 2.05) is 12.1 Å². The monoisotopic (exact) mass is 294 g/mol. The maximum absolute atomic E-state index is 5.89. The molecule has 2 aliphatic heterocycles. The molecular weight excluding hydrogens is 272 g/mol. The van der Waals surface area contributed by atoms with Gasteiger partial charge in [-0.15, -0.1) is 0 Å². The summed E-state index contributed by atoms with van der Waals surface area (Å²) in [4.78, 5) is 9.36. The first-order valence-corrected chi connectivity index (χ1v) is 7.82. The summed E-state index contributed by atoms with van der Waals surface area (Å²) in [5.41, 5.74) is 0.459. The van der Waals surface area contributed by atoms with E-state index in [1.54, 1.807) is 6.20 Å². The molecular formula is C15H23ClN4. The zero-order valence-electron chi connectivity index (χ0n) is 12.1. The molecule has 0 radical (unpaired) electrons. The van der Waals surface area contributed by atoms with Gasteiger partial charge in [0.25, 0.3) is 0 Å². The number of hydrogen-bond donors (Lipinski definition) is 1. The van der Waals surface area contributed by atoms with E-state index >= 15 is 0 Å². The molecule has 1 atom stereocenters. The molecule has 1 aromatic rings.